The highest BCUT2D eigenvalue weighted by atomic mass is 32.2. The van der Waals surface area contributed by atoms with Gasteiger partial charge in [0.15, 0.2) is 0 Å². The lowest BCUT2D eigenvalue weighted by atomic mass is 10.1. The summed E-state index contributed by atoms with van der Waals surface area (Å²) in [5, 5.41) is 20.4. The molecule has 0 heterocycles. The molecule has 2 aromatic carbocycles. The van der Waals surface area contributed by atoms with Gasteiger partial charge in [0.25, 0.3) is 0 Å². The topological polar surface area (TPSA) is 40.5 Å². The number of benzene rings is 2. The summed E-state index contributed by atoms with van der Waals surface area (Å²) in [6.07, 6.45) is 5.54. The van der Waals surface area contributed by atoms with Crippen molar-refractivity contribution in [3.8, 4) is 11.5 Å². The van der Waals surface area contributed by atoms with Crippen LogP contribution >= 0.6 is 11.8 Å². The molecule has 0 aliphatic heterocycles. The van der Waals surface area contributed by atoms with Crippen molar-refractivity contribution in [2.24, 2.45) is 0 Å². The average molecular weight is 302 g/mol. The smallest absolute Gasteiger partial charge is 0.136 e. The number of phenolic OH excluding ortho intramolecular Hbond substituents is 2. The van der Waals surface area contributed by atoms with Crippen molar-refractivity contribution in [2.45, 2.75) is 48.8 Å². The van der Waals surface area contributed by atoms with Gasteiger partial charge in [-0.2, -0.15) is 0 Å². The fourth-order valence-corrected chi connectivity index (χ4v) is 3.18. The van der Waals surface area contributed by atoms with Crippen molar-refractivity contribution < 1.29 is 10.2 Å². The first-order valence-corrected chi connectivity index (χ1v) is 8.30. The number of rotatable bonds is 7. The molecule has 2 N–H and O–H groups in total. The van der Waals surface area contributed by atoms with Crippen LogP contribution in [-0.2, 0) is 6.42 Å². The Kier molecular flexibility index (Phi) is 6.00. The summed E-state index contributed by atoms with van der Waals surface area (Å²) in [6.45, 7) is 2.19. The third-order valence-corrected chi connectivity index (χ3v) is 4.57. The monoisotopic (exact) mass is 302 g/mol. The largest absolute Gasteiger partial charge is 0.507 e. The van der Waals surface area contributed by atoms with E-state index in [1.54, 1.807) is 6.07 Å². The summed E-state index contributed by atoms with van der Waals surface area (Å²) < 4.78 is 0. The van der Waals surface area contributed by atoms with Crippen LogP contribution in [0.3, 0.4) is 0 Å². The highest BCUT2D eigenvalue weighted by molar-refractivity contribution is 7.99. The van der Waals surface area contributed by atoms with Gasteiger partial charge in [-0.15, -0.1) is 0 Å². The molecule has 0 radical (unpaired) electrons. The molecule has 0 unspecified atom stereocenters. The van der Waals surface area contributed by atoms with Crippen molar-refractivity contribution in [3.63, 3.8) is 0 Å². The van der Waals surface area contributed by atoms with Gasteiger partial charge in [0.2, 0.25) is 0 Å². The van der Waals surface area contributed by atoms with Crippen molar-refractivity contribution >= 4 is 11.8 Å². The molecule has 0 saturated heterocycles. The predicted octanol–water partition coefficient (Wildman–Crippen LogP) is 5.37. The Bertz CT molecular complexity index is 567. The standard InChI is InChI=1S/C18H22O2S/c1-2-3-4-6-9-14-12-13-16(19)18(17(14)20)21-15-10-7-5-8-11-15/h5,7-8,10-13,19-20H,2-4,6,9H2,1H3. The molecule has 0 atom stereocenters. The van der Waals surface area contributed by atoms with Crippen molar-refractivity contribution in [2.75, 3.05) is 0 Å². The zero-order valence-corrected chi connectivity index (χ0v) is 13.2. The van der Waals surface area contributed by atoms with Crippen LogP contribution in [0.25, 0.3) is 0 Å². The molecule has 0 amide bonds. The molecular weight excluding hydrogens is 280 g/mol. The molecule has 0 aliphatic rings. The summed E-state index contributed by atoms with van der Waals surface area (Å²) >= 11 is 1.40. The summed E-state index contributed by atoms with van der Waals surface area (Å²) in [5.41, 5.74) is 0.919. The third kappa shape index (κ3) is 4.43. The van der Waals surface area contributed by atoms with Gasteiger partial charge in [0.1, 0.15) is 11.5 Å². The maximum atomic E-state index is 10.4. The van der Waals surface area contributed by atoms with E-state index in [1.807, 2.05) is 36.4 Å². The summed E-state index contributed by atoms with van der Waals surface area (Å²) in [5.74, 6) is 0.360. The molecule has 0 bridgehead atoms. The van der Waals surface area contributed by atoms with Crippen LogP contribution in [0.1, 0.15) is 38.2 Å². The van der Waals surface area contributed by atoms with E-state index < -0.39 is 0 Å². The maximum Gasteiger partial charge on any atom is 0.136 e. The molecule has 2 rings (SSSR count). The van der Waals surface area contributed by atoms with E-state index in [0.717, 1.165) is 23.3 Å². The van der Waals surface area contributed by atoms with Crippen LogP contribution in [0.5, 0.6) is 11.5 Å². The van der Waals surface area contributed by atoms with Gasteiger partial charge in [-0.3, -0.25) is 0 Å². The highest BCUT2D eigenvalue weighted by Gasteiger charge is 2.13. The van der Waals surface area contributed by atoms with Gasteiger partial charge in [-0.05, 0) is 36.6 Å². The number of hydrogen-bond donors (Lipinski definition) is 2. The van der Waals surface area contributed by atoms with E-state index in [9.17, 15) is 10.2 Å². The Labute approximate surface area is 130 Å². The van der Waals surface area contributed by atoms with E-state index in [-0.39, 0.29) is 11.5 Å². The zero-order valence-electron chi connectivity index (χ0n) is 12.4. The fourth-order valence-electron chi connectivity index (χ4n) is 2.25. The van der Waals surface area contributed by atoms with E-state index in [1.165, 1.54) is 31.0 Å². The normalized spacial score (nSPS) is 10.7. The first kappa shape index (κ1) is 15.8. The lowest BCUT2D eigenvalue weighted by molar-refractivity contribution is 0.422. The first-order valence-electron chi connectivity index (χ1n) is 7.49. The molecule has 0 aliphatic carbocycles. The number of hydrogen-bond acceptors (Lipinski definition) is 3. The van der Waals surface area contributed by atoms with Gasteiger partial charge < -0.3 is 10.2 Å². The minimum absolute atomic E-state index is 0.138. The molecule has 2 nitrogen and oxygen atoms in total. The Morgan fingerprint density at radius 2 is 1.67 bits per heavy atom. The van der Waals surface area contributed by atoms with E-state index >= 15 is 0 Å². The minimum Gasteiger partial charge on any atom is -0.507 e. The van der Waals surface area contributed by atoms with Crippen LogP contribution in [0, 0.1) is 0 Å². The van der Waals surface area contributed by atoms with Gasteiger partial charge >= 0.3 is 0 Å². The van der Waals surface area contributed by atoms with Gasteiger partial charge in [-0.25, -0.2) is 0 Å². The Hall–Kier alpha value is -1.61. The second-order valence-corrected chi connectivity index (χ2v) is 6.23. The SMILES string of the molecule is CCCCCCc1ccc(O)c(Sc2ccccc2)c1O. The summed E-state index contributed by atoms with van der Waals surface area (Å²) in [7, 11) is 0. The molecule has 21 heavy (non-hydrogen) atoms. The number of phenols is 2. The molecule has 0 spiro atoms. The third-order valence-electron chi connectivity index (χ3n) is 3.46. The number of unbranched alkanes of at least 4 members (excludes halogenated alkanes) is 3. The van der Waals surface area contributed by atoms with Crippen LogP contribution in [0.2, 0.25) is 0 Å². The summed E-state index contributed by atoms with van der Waals surface area (Å²) in [6, 6.07) is 13.3. The van der Waals surface area contributed by atoms with Crippen LogP contribution < -0.4 is 0 Å². The van der Waals surface area contributed by atoms with Gasteiger partial charge in [0.05, 0.1) is 4.90 Å². The average Bonchev–Trinajstić information content (AvgIpc) is 2.51. The first-order chi connectivity index (χ1) is 10.2. The molecule has 3 heteroatoms. The Morgan fingerprint density at radius 1 is 0.905 bits per heavy atom. The highest BCUT2D eigenvalue weighted by Crippen LogP contribution is 2.42. The predicted molar refractivity (Wildman–Crippen MR) is 88.2 cm³/mol. The second kappa shape index (κ2) is 7.99. The van der Waals surface area contributed by atoms with Gasteiger partial charge in [-0.1, -0.05) is 62.2 Å². The molecular formula is C18H22O2S. The second-order valence-electron chi connectivity index (χ2n) is 5.15. The lowest BCUT2D eigenvalue weighted by Crippen LogP contribution is -1.89. The molecule has 2 aromatic rings. The molecule has 0 aromatic heterocycles. The maximum absolute atomic E-state index is 10.4. The minimum atomic E-state index is 0.138. The van der Waals surface area contributed by atoms with Gasteiger partial charge in [0, 0.05) is 4.90 Å². The summed E-state index contributed by atoms with van der Waals surface area (Å²) in [4.78, 5) is 1.56. The lowest BCUT2D eigenvalue weighted by Gasteiger charge is -2.11. The van der Waals surface area contributed by atoms with Crippen molar-refractivity contribution in [1.82, 2.24) is 0 Å². The quantitative estimate of drug-likeness (QED) is 0.675. The van der Waals surface area contributed by atoms with Crippen LogP contribution in [0.4, 0.5) is 0 Å². The van der Waals surface area contributed by atoms with E-state index in [2.05, 4.69) is 6.92 Å². The Balaban J connectivity index is 2.13. The Morgan fingerprint density at radius 3 is 2.38 bits per heavy atom. The van der Waals surface area contributed by atoms with Crippen molar-refractivity contribution in [3.05, 3.63) is 48.0 Å². The van der Waals surface area contributed by atoms with E-state index in [0.29, 0.717) is 4.90 Å². The molecule has 0 saturated carbocycles. The number of aryl methyl sites for hydroxylation is 1. The molecule has 112 valence electrons. The zero-order chi connectivity index (χ0) is 15.1. The van der Waals surface area contributed by atoms with Crippen LogP contribution in [0.15, 0.2) is 52.3 Å². The van der Waals surface area contributed by atoms with Crippen LogP contribution in [-0.4, -0.2) is 10.2 Å². The molecule has 0 fully saturated rings. The van der Waals surface area contributed by atoms with E-state index in [4.69, 9.17) is 0 Å². The fraction of sp³-hybridized carbons (Fsp3) is 0.333. The van der Waals surface area contributed by atoms with Crippen molar-refractivity contribution in [1.29, 1.82) is 0 Å². The number of aromatic hydroxyl groups is 2.